The molecule has 0 saturated heterocycles. The van der Waals surface area contributed by atoms with Crippen LogP contribution in [0.15, 0.2) is 41.1 Å². The molecule has 1 atom stereocenters. The van der Waals surface area contributed by atoms with Gasteiger partial charge in [-0.15, -0.1) is 0 Å². The van der Waals surface area contributed by atoms with Crippen LogP contribution in [0.3, 0.4) is 0 Å². The first-order chi connectivity index (χ1) is 18.2. The van der Waals surface area contributed by atoms with Crippen molar-refractivity contribution < 1.29 is 9.32 Å². The van der Waals surface area contributed by atoms with Gasteiger partial charge in [0.2, 0.25) is 0 Å². The van der Waals surface area contributed by atoms with E-state index in [4.69, 9.17) is 9.51 Å². The smallest absolute Gasteiger partial charge is 0.315 e. The minimum atomic E-state index is -0.347. The molecule has 0 radical (unpaired) electrons. The lowest BCUT2D eigenvalue weighted by Gasteiger charge is -2.26. The molecule has 4 aromatic heterocycles. The standard InChI is InChI=1S/C28H30N8O2/c1-15-13-21(34-36(15)5)23-31-22-19(11-12-29-24(22)32-23)17-9-10-18-16(14-17)7-6-8-20(18)30-25(37)26-33-27(35-38-26)28(2,3)4/h9-14,20H,6-8H2,1-5H3,(H,30,37)(H,29,31,32). The maximum atomic E-state index is 12.9. The quantitative estimate of drug-likeness (QED) is 0.355. The van der Waals surface area contributed by atoms with Crippen molar-refractivity contribution >= 4 is 17.1 Å². The number of imidazole rings is 1. The van der Waals surface area contributed by atoms with Gasteiger partial charge in [0.05, 0.1) is 11.6 Å². The predicted octanol–water partition coefficient (Wildman–Crippen LogP) is 4.82. The molecule has 6 rings (SSSR count). The maximum absolute atomic E-state index is 12.9. The Morgan fingerprint density at radius 3 is 2.76 bits per heavy atom. The fraction of sp³-hybridized carbons (Fsp3) is 0.357. The van der Waals surface area contributed by atoms with Gasteiger partial charge in [0.1, 0.15) is 5.69 Å². The number of carbonyl (C=O) groups excluding carboxylic acids is 1. The minimum Gasteiger partial charge on any atom is -0.341 e. The van der Waals surface area contributed by atoms with Crippen LogP contribution in [0.4, 0.5) is 0 Å². The number of nitrogens with one attached hydrogen (secondary N) is 2. The van der Waals surface area contributed by atoms with Crippen molar-refractivity contribution in [2.75, 3.05) is 0 Å². The molecule has 0 aliphatic heterocycles. The highest BCUT2D eigenvalue weighted by atomic mass is 16.5. The van der Waals surface area contributed by atoms with Crippen LogP contribution in [0.1, 0.15) is 73.0 Å². The monoisotopic (exact) mass is 510 g/mol. The molecular formula is C28H30N8O2. The zero-order valence-electron chi connectivity index (χ0n) is 22.2. The Morgan fingerprint density at radius 2 is 2.03 bits per heavy atom. The predicted molar refractivity (Wildman–Crippen MR) is 142 cm³/mol. The Bertz CT molecular complexity index is 1650. The first kappa shape index (κ1) is 24.0. The van der Waals surface area contributed by atoms with Crippen molar-refractivity contribution in [3.8, 4) is 22.6 Å². The molecule has 0 fully saturated rings. The lowest BCUT2D eigenvalue weighted by molar-refractivity contribution is 0.0888. The highest BCUT2D eigenvalue weighted by molar-refractivity contribution is 5.92. The molecule has 38 heavy (non-hydrogen) atoms. The fourth-order valence-corrected chi connectivity index (χ4v) is 4.92. The van der Waals surface area contributed by atoms with E-state index < -0.39 is 0 Å². The van der Waals surface area contributed by atoms with E-state index in [2.05, 4.69) is 48.7 Å². The van der Waals surface area contributed by atoms with Gasteiger partial charge in [-0.1, -0.05) is 44.1 Å². The second-order valence-electron chi connectivity index (χ2n) is 10.9. The van der Waals surface area contributed by atoms with E-state index in [9.17, 15) is 4.79 Å². The largest absolute Gasteiger partial charge is 0.341 e. The SMILES string of the molecule is Cc1cc(-c2nc3nccc(-c4ccc5c(c4)CCCC5NC(=O)c4nc(C(C)(C)C)no4)c3[nH]2)nn1C. The van der Waals surface area contributed by atoms with Crippen molar-refractivity contribution in [3.63, 3.8) is 0 Å². The number of amides is 1. The van der Waals surface area contributed by atoms with Crippen LogP contribution in [0, 0.1) is 6.92 Å². The molecule has 0 bridgehead atoms. The zero-order chi connectivity index (χ0) is 26.6. The number of aromatic amines is 1. The summed E-state index contributed by atoms with van der Waals surface area (Å²) in [7, 11) is 1.92. The molecule has 0 spiro atoms. The molecule has 10 nitrogen and oxygen atoms in total. The lowest BCUT2D eigenvalue weighted by Crippen LogP contribution is -2.31. The van der Waals surface area contributed by atoms with Gasteiger partial charge in [0.25, 0.3) is 0 Å². The number of hydrogen-bond donors (Lipinski definition) is 2. The summed E-state index contributed by atoms with van der Waals surface area (Å²) in [4.78, 5) is 29.8. The van der Waals surface area contributed by atoms with Gasteiger partial charge in [-0.2, -0.15) is 10.1 Å². The van der Waals surface area contributed by atoms with Crippen LogP contribution in [0.25, 0.3) is 33.8 Å². The molecule has 2 N–H and O–H groups in total. The normalized spacial score (nSPS) is 15.6. The third kappa shape index (κ3) is 4.25. The number of benzene rings is 1. The first-order valence-corrected chi connectivity index (χ1v) is 12.8. The number of fused-ring (bicyclic) bond motifs is 2. The molecule has 10 heteroatoms. The van der Waals surface area contributed by atoms with E-state index in [1.165, 1.54) is 5.56 Å². The van der Waals surface area contributed by atoms with Crippen LogP contribution >= 0.6 is 0 Å². The average molecular weight is 511 g/mol. The molecule has 1 aliphatic rings. The van der Waals surface area contributed by atoms with E-state index in [0.717, 1.165) is 52.9 Å². The molecule has 194 valence electrons. The second-order valence-corrected chi connectivity index (χ2v) is 10.9. The number of nitrogens with zero attached hydrogens (tertiary/aromatic N) is 6. The summed E-state index contributed by atoms with van der Waals surface area (Å²) in [5, 5.41) is 11.6. The Labute approximate surface area is 219 Å². The Hall–Kier alpha value is -4.34. The molecule has 1 unspecified atom stereocenters. The number of carbonyl (C=O) groups is 1. The average Bonchev–Trinajstić information content (AvgIpc) is 3.62. The van der Waals surface area contributed by atoms with E-state index in [-0.39, 0.29) is 23.3 Å². The summed E-state index contributed by atoms with van der Waals surface area (Å²) in [5.41, 5.74) is 7.50. The van der Waals surface area contributed by atoms with E-state index in [0.29, 0.717) is 17.3 Å². The third-order valence-corrected chi connectivity index (χ3v) is 7.11. The van der Waals surface area contributed by atoms with Crippen molar-refractivity contribution in [3.05, 3.63) is 65.1 Å². The van der Waals surface area contributed by atoms with Gasteiger partial charge in [0.15, 0.2) is 17.3 Å². The molecule has 0 saturated carbocycles. The third-order valence-electron chi connectivity index (χ3n) is 7.11. The molecule has 1 amide bonds. The summed E-state index contributed by atoms with van der Waals surface area (Å²) in [6, 6.07) is 10.3. The van der Waals surface area contributed by atoms with Gasteiger partial charge in [-0.3, -0.25) is 9.48 Å². The topological polar surface area (TPSA) is 127 Å². The fourth-order valence-electron chi connectivity index (χ4n) is 4.92. The van der Waals surface area contributed by atoms with Gasteiger partial charge in [-0.05, 0) is 55.0 Å². The molecule has 4 heterocycles. The molecule has 5 aromatic rings. The summed E-state index contributed by atoms with van der Waals surface area (Å²) < 4.78 is 7.08. The number of aromatic nitrogens is 7. The van der Waals surface area contributed by atoms with Crippen molar-refractivity contribution in [2.24, 2.45) is 7.05 Å². The highest BCUT2D eigenvalue weighted by Crippen LogP contribution is 2.35. The summed E-state index contributed by atoms with van der Waals surface area (Å²) in [6.07, 6.45) is 4.55. The Kier molecular flexibility index (Phi) is 5.62. The van der Waals surface area contributed by atoms with Gasteiger partial charge in [0, 0.05) is 29.9 Å². The first-order valence-electron chi connectivity index (χ1n) is 12.8. The van der Waals surface area contributed by atoms with Crippen molar-refractivity contribution in [2.45, 2.75) is 58.4 Å². The van der Waals surface area contributed by atoms with E-state index >= 15 is 0 Å². The summed E-state index contributed by atoms with van der Waals surface area (Å²) >= 11 is 0. The Balaban J connectivity index is 1.29. The van der Waals surface area contributed by atoms with Crippen molar-refractivity contribution in [1.29, 1.82) is 0 Å². The number of hydrogen-bond acceptors (Lipinski definition) is 7. The zero-order valence-corrected chi connectivity index (χ0v) is 22.2. The van der Waals surface area contributed by atoms with Crippen LogP contribution in [0.5, 0.6) is 0 Å². The summed E-state index contributed by atoms with van der Waals surface area (Å²) in [5.74, 6) is 0.858. The highest BCUT2D eigenvalue weighted by Gasteiger charge is 2.28. The number of pyridine rings is 1. The van der Waals surface area contributed by atoms with Crippen LogP contribution < -0.4 is 5.32 Å². The molecule has 1 aliphatic carbocycles. The van der Waals surface area contributed by atoms with Crippen LogP contribution in [-0.4, -0.2) is 40.8 Å². The lowest BCUT2D eigenvalue weighted by atomic mass is 9.85. The summed E-state index contributed by atoms with van der Waals surface area (Å²) in [6.45, 7) is 7.95. The molecular weight excluding hydrogens is 480 g/mol. The minimum absolute atomic E-state index is 0.00371. The maximum Gasteiger partial charge on any atom is 0.315 e. The van der Waals surface area contributed by atoms with E-state index in [1.54, 1.807) is 6.20 Å². The Morgan fingerprint density at radius 1 is 1.18 bits per heavy atom. The van der Waals surface area contributed by atoms with Gasteiger partial charge >= 0.3 is 11.8 Å². The van der Waals surface area contributed by atoms with E-state index in [1.807, 2.05) is 51.6 Å². The van der Waals surface area contributed by atoms with Crippen LogP contribution in [-0.2, 0) is 18.9 Å². The molecule has 1 aromatic carbocycles. The second kappa shape index (κ2) is 8.90. The van der Waals surface area contributed by atoms with Crippen LogP contribution in [0.2, 0.25) is 0 Å². The number of H-pyrrole nitrogens is 1. The van der Waals surface area contributed by atoms with Crippen molar-refractivity contribution in [1.82, 2.24) is 40.2 Å². The van der Waals surface area contributed by atoms with Gasteiger partial charge in [-0.25, -0.2) is 9.97 Å². The van der Waals surface area contributed by atoms with Gasteiger partial charge < -0.3 is 14.8 Å². The number of rotatable bonds is 4. The number of aryl methyl sites for hydroxylation is 3.